The zero-order valence-electron chi connectivity index (χ0n) is 12.1. The lowest BCUT2D eigenvalue weighted by molar-refractivity contribution is -0.141. The van der Waals surface area contributed by atoms with Gasteiger partial charge in [-0.25, -0.2) is 0 Å². The molecule has 7 heteroatoms. The first-order valence-electron chi connectivity index (χ1n) is 7.15. The SMILES string of the molecule is CN1C(=O)CC(NC(=O)CC2(CC(=O)O)CCCC2)C1=O. The van der Waals surface area contributed by atoms with E-state index >= 15 is 0 Å². The first kappa shape index (κ1) is 15.5. The Morgan fingerprint density at radius 3 is 2.38 bits per heavy atom. The van der Waals surface area contributed by atoms with Crippen LogP contribution in [0, 0.1) is 5.41 Å². The van der Waals surface area contributed by atoms with Gasteiger partial charge in [0.25, 0.3) is 5.91 Å². The average molecular weight is 296 g/mol. The van der Waals surface area contributed by atoms with Gasteiger partial charge in [0.2, 0.25) is 11.8 Å². The van der Waals surface area contributed by atoms with Gasteiger partial charge in [0.05, 0.1) is 12.8 Å². The Morgan fingerprint density at radius 1 is 1.29 bits per heavy atom. The largest absolute Gasteiger partial charge is 0.481 e. The van der Waals surface area contributed by atoms with Crippen molar-refractivity contribution >= 4 is 23.7 Å². The molecule has 1 heterocycles. The van der Waals surface area contributed by atoms with E-state index in [4.69, 9.17) is 5.11 Å². The van der Waals surface area contributed by atoms with Crippen molar-refractivity contribution in [3.63, 3.8) is 0 Å². The van der Waals surface area contributed by atoms with Crippen molar-refractivity contribution in [2.45, 2.75) is 51.0 Å². The molecule has 21 heavy (non-hydrogen) atoms. The van der Waals surface area contributed by atoms with Gasteiger partial charge in [-0.2, -0.15) is 0 Å². The molecule has 2 N–H and O–H groups in total. The molecular weight excluding hydrogens is 276 g/mol. The van der Waals surface area contributed by atoms with Crippen LogP contribution in [0.2, 0.25) is 0 Å². The highest BCUT2D eigenvalue weighted by molar-refractivity contribution is 6.06. The number of amides is 3. The van der Waals surface area contributed by atoms with Gasteiger partial charge in [0.1, 0.15) is 6.04 Å². The van der Waals surface area contributed by atoms with Crippen LogP contribution >= 0.6 is 0 Å². The highest BCUT2D eigenvalue weighted by Gasteiger charge is 2.41. The number of carboxylic acid groups (broad SMARTS) is 1. The van der Waals surface area contributed by atoms with E-state index in [1.807, 2.05) is 0 Å². The van der Waals surface area contributed by atoms with Crippen molar-refractivity contribution in [3.8, 4) is 0 Å². The number of aliphatic carboxylic acids is 1. The number of nitrogens with zero attached hydrogens (tertiary/aromatic N) is 1. The fourth-order valence-electron chi connectivity index (χ4n) is 3.32. The van der Waals surface area contributed by atoms with Gasteiger partial charge < -0.3 is 10.4 Å². The Kier molecular flexibility index (Phi) is 4.29. The van der Waals surface area contributed by atoms with Crippen LogP contribution < -0.4 is 5.32 Å². The molecule has 1 atom stereocenters. The van der Waals surface area contributed by atoms with Gasteiger partial charge in [-0.3, -0.25) is 24.1 Å². The van der Waals surface area contributed by atoms with Crippen molar-refractivity contribution in [1.29, 1.82) is 0 Å². The molecule has 0 aromatic carbocycles. The summed E-state index contributed by atoms with van der Waals surface area (Å²) in [6.07, 6.45) is 3.31. The first-order valence-corrected chi connectivity index (χ1v) is 7.15. The number of likely N-dealkylation sites (tertiary alicyclic amines) is 1. The van der Waals surface area contributed by atoms with Crippen molar-refractivity contribution in [3.05, 3.63) is 0 Å². The van der Waals surface area contributed by atoms with E-state index in [2.05, 4.69) is 5.32 Å². The minimum absolute atomic E-state index is 0.0208. The van der Waals surface area contributed by atoms with E-state index in [1.54, 1.807) is 0 Å². The Balaban J connectivity index is 1.96. The smallest absolute Gasteiger partial charge is 0.303 e. The van der Waals surface area contributed by atoms with E-state index in [0.29, 0.717) is 12.8 Å². The topological polar surface area (TPSA) is 104 Å². The zero-order valence-corrected chi connectivity index (χ0v) is 12.1. The molecule has 0 radical (unpaired) electrons. The van der Waals surface area contributed by atoms with Crippen molar-refractivity contribution < 1.29 is 24.3 Å². The average Bonchev–Trinajstić information content (AvgIpc) is 2.90. The Bertz CT molecular complexity index is 482. The molecule has 2 aliphatic rings. The molecule has 1 aliphatic heterocycles. The van der Waals surface area contributed by atoms with Gasteiger partial charge in [0.15, 0.2) is 0 Å². The lowest BCUT2D eigenvalue weighted by Crippen LogP contribution is -2.42. The maximum Gasteiger partial charge on any atom is 0.303 e. The lowest BCUT2D eigenvalue weighted by atomic mass is 9.79. The second-order valence-corrected chi connectivity index (χ2v) is 6.07. The van der Waals surface area contributed by atoms with Crippen molar-refractivity contribution in [1.82, 2.24) is 10.2 Å². The predicted octanol–water partition coefficient (Wildman–Crippen LogP) is 0.285. The molecule has 7 nitrogen and oxygen atoms in total. The first-order chi connectivity index (χ1) is 9.83. The van der Waals surface area contributed by atoms with Gasteiger partial charge in [-0.05, 0) is 18.3 Å². The molecule has 2 fully saturated rings. The van der Waals surface area contributed by atoms with Gasteiger partial charge >= 0.3 is 5.97 Å². The maximum absolute atomic E-state index is 12.1. The highest BCUT2D eigenvalue weighted by atomic mass is 16.4. The molecule has 0 aromatic heterocycles. The van der Waals surface area contributed by atoms with Crippen molar-refractivity contribution in [2.75, 3.05) is 7.05 Å². The summed E-state index contributed by atoms with van der Waals surface area (Å²) < 4.78 is 0. The Hall–Kier alpha value is -1.92. The maximum atomic E-state index is 12.1. The number of likely N-dealkylation sites (N-methyl/N-ethyl adjacent to an activating group) is 1. The highest BCUT2D eigenvalue weighted by Crippen LogP contribution is 2.44. The summed E-state index contributed by atoms with van der Waals surface area (Å²) in [6.45, 7) is 0. The third-order valence-corrected chi connectivity index (χ3v) is 4.44. The fraction of sp³-hybridized carbons (Fsp3) is 0.714. The van der Waals surface area contributed by atoms with Gasteiger partial charge in [0, 0.05) is 13.5 Å². The minimum atomic E-state index is -0.906. The van der Waals surface area contributed by atoms with Crippen LogP contribution in [-0.2, 0) is 19.2 Å². The minimum Gasteiger partial charge on any atom is -0.481 e. The van der Waals surface area contributed by atoms with E-state index < -0.39 is 23.3 Å². The summed E-state index contributed by atoms with van der Waals surface area (Å²) in [5.41, 5.74) is -0.506. The van der Waals surface area contributed by atoms with Crippen LogP contribution in [-0.4, -0.2) is 46.8 Å². The lowest BCUT2D eigenvalue weighted by Gasteiger charge is -2.26. The fourth-order valence-corrected chi connectivity index (χ4v) is 3.32. The van der Waals surface area contributed by atoms with Crippen LogP contribution in [0.4, 0.5) is 0 Å². The molecule has 0 bridgehead atoms. The number of carbonyl (C=O) groups is 4. The molecular formula is C14H20N2O5. The number of hydrogen-bond donors (Lipinski definition) is 2. The summed E-state index contributed by atoms with van der Waals surface area (Å²) in [6, 6.07) is -0.807. The quantitative estimate of drug-likeness (QED) is 0.709. The second-order valence-electron chi connectivity index (χ2n) is 6.07. The summed E-state index contributed by atoms with van der Waals surface area (Å²) >= 11 is 0. The standard InChI is InChI=1S/C14H20N2O5/c1-16-11(18)6-9(13(16)21)15-10(17)7-14(8-12(19)20)4-2-3-5-14/h9H,2-8H2,1H3,(H,15,17)(H,19,20). The zero-order chi connectivity index (χ0) is 15.6. The molecule has 1 aliphatic carbocycles. The van der Waals surface area contributed by atoms with Crippen LogP contribution in [0.15, 0.2) is 0 Å². The Labute approximate surface area is 122 Å². The Morgan fingerprint density at radius 2 is 1.90 bits per heavy atom. The van der Waals surface area contributed by atoms with Crippen LogP contribution in [0.3, 0.4) is 0 Å². The van der Waals surface area contributed by atoms with Crippen LogP contribution in [0.25, 0.3) is 0 Å². The number of nitrogens with one attached hydrogen (secondary N) is 1. The number of carbonyl (C=O) groups excluding carboxylic acids is 3. The molecule has 1 saturated carbocycles. The number of carboxylic acids is 1. The summed E-state index contributed by atoms with van der Waals surface area (Å²) in [5.74, 6) is -1.98. The van der Waals surface area contributed by atoms with Gasteiger partial charge in [-0.1, -0.05) is 12.8 Å². The summed E-state index contributed by atoms with van der Waals surface area (Å²) in [5, 5.41) is 11.6. The third-order valence-electron chi connectivity index (χ3n) is 4.44. The molecule has 1 saturated heterocycles. The van der Waals surface area contributed by atoms with E-state index in [9.17, 15) is 19.2 Å². The summed E-state index contributed by atoms with van der Waals surface area (Å²) in [7, 11) is 1.39. The summed E-state index contributed by atoms with van der Waals surface area (Å²) in [4.78, 5) is 47.3. The number of rotatable bonds is 5. The molecule has 0 aromatic rings. The van der Waals surface area contributed by atoms with E-state index in [0.717, 1.165) is 17.7 Å². The second kappa shape index (κ2) is 5.83. The molecule has 116 valence electrons. The van der Waals surface area contributed by atoms with Crippen LogP contribution in [0.5, 0.6) is 0 Å². The molecule has 1 unspecified atom stereocenters. The van der Waals surface area contributed by atoms with Gasteiger partial charge in [-0.15, -0.1) is 0 Å². The predicted molar refractivity (Wildman–Crippen MR) is 72.1 cm³/mol. The van der Waals surface area contributed by atoms with E-state index in [1.165, 1.54) is 7.05 Å². The van der Waals surface area contributed by atoms with Crippen LogP contribution in [0.1, 0.15) is 44.9 Å². The number of imide groups is 1. The molecule has 2 rings (SSSR count). The molecule has 3 amide bonds. The van der Waals surface area contributed by atoms with Crippen molar-refractivity contribution in [2.24, 2.45) is 5.41 Å². The number of hydrogen-bond acceptors (Lipinski definition) is 4. The monoisotopic (exact) mass is 296 g/mol. The third kappa shape index (κ3) is 3.40. The normalized spacial score (nSPS) is 24.4. The molecule has 0 spiro atoms. The van der Waals surface area contributed by atoms with E-state index in [-0.39, 0.29) is 31.1 Å².